The van der Waals surface area contributed by atoms with Gasteiger partial charge in [-0.15, -0.1) is 0 Å². The maximum absolute atomic E-state index is 14.0. The summed E-state index contributed by atoms with van der Waals surface area (Å²) in [5.74, 6) is 1.09. The van der Waals surface area contributed by atoms with Crippen molar-refractivity contribution in [3.63, 3.8) is 0 Å². The van der Waals surface area contributed by atoms with Crippen LogP contribution in [0, 0.1) is 12.7 Å². The number of hydrogen-bond donors (Lipinski definition) is 2. The molecule has 3 aromatic carbocycles. The van der Waals surface area contributed by atoms with Crippen LogP contribution in [0.1, 0.15) is 38.3 Å². The van der Waals surface area contributed by atoms with Crippen LogP contribution in [0.25, 0.3) is 11.1 Å². The van der Waals surface area contributed by atoms with E-state index >= 15 is 0 Å². The number of aliphatic hydroxyl groups excluding tert-OH is 1. The van der Waals surface area contributed by atoms with Crippen molar-refractivity contribution in [2.45, 2.75) is 52.4 Å². The van der Waals surface area contributed by atoms with Gasteiger partial charge in [-0.3, -0.25) is 4.79 Å². The van der Waals surface area contributed by atoms with Crippen molar-refractivity contribution in [2.75, 3.05) is 31.0 Å². The lowest BCUT2D eigenvalue weighted by atomic mass is 9.91. The lowest BCUT2D eigenvalue weighted by Crippen LogP contribution is -2.52. The molecule has 1 aliphatic rings. The second-order valence-corrected chi connectivity index (χ2v) is 10.0. The molecule has 8 heteroatoms. The molecule has 202 valence electrons. The number of nitrogens with zero attached hydrogens (tertiary/aromatic N) is 1. The Hall–Kier alpha value is -3.78. The Morgan fingerprint density at radius 3 is 2.50 bits per heavy atom. The Balaban J connectivity index is 1.81. The van der Waals surface area contributed by atoms with Gasteiger partial charge in [-0.2, -0.15) is 0 Å². The monoisotopic (exact) mass is 522 g/mol. The molecular formula is C30H35FN2O5. The Morgan fingerprint density at radius 1 is 1.05 bits per heavy atom. The molecule has 1 aliphatic heterocycles. The van der Waals surface area contributed by atoms with E-state index in [2.05, 4.69) is 5.32 Å². The van der Waals surface area contributed by atoms with Gasteiger partial charge in [-0.05, 0) is 62.6 Å². The fourth-order valence-corrected chi connectivity index (χ4v) is 4.60. The maximum Gasteiger partial charge on any atom is 0.251 e. The van der Waals surface area contributed by atoms with E-state index in [4.69, 9.17) is 14.2 Å². The van der Waals surface area contributed by atoms with Crippen LogP contribution < -0.4 is 24.4 Å². The fraction of sp³-hybridized carbons (Fsp3) is 0.367. The highest BCUT2D eigenvalue weighted by atomic mass is 19.1. The third kappa shape index (κ3) is 5.41. The first kappa shape index (κ1) is 27.3. The van der Waals surface area contributed by atoms with Crippen LogP contribution in [-0.4, -0.2) is 43.4 Å². The minimum absolute atomic E-state index is 0.0875. The number of carbonyl (C=O) groups is 1. The highest BCUT2D eigenvalue weighted by Crippen LogP contribution is 2.45. The fourth-order valence-electron chi connectivity index (χ4n) is 4.60. The molecule has 0 saturated carbocycles. The number of fused-ring (bicyclic) bond motifs is 1. The molecule has 0 spiro atoms. The molecule has 1 heterocycles. The number of methoxy groups -OCH3 is 1. The number of nitrogens with one attached hydrogen (secondary N) is 1. The molecule has 7 nitrogen and oxygen atoms in total. The number of likely N-dealkylation sites (N-methyl/N-ethyl adjacent to an activating group) is 1. The minimum Gasteiger partial charge on any atom is -0.496 e. The molecule has 2 N–H and O–H groups in total. The topological polar surface area (TPSA) is 80.3 Å². The largest absolute Gasteiger partial charge is 0.496 e. The normalized spacial score (nSPS) is 14.9. The van der Waals surface area contributed by atoms with E-state index in [1.807, 2.05) is 52.0 Å². The highest BCUT2D eigenvalue weighted by Gasteiger charge is 2.38. The summed E-state index contributed by atoms with van der Waals surface area (Å²) in [5, 5.41) is 13.2. The smallest absolute Gasteiger partial charge is 0.251 e. The second-order valence-electron chi connectivity index (χ2n) is 10.0. The van der Waals surface area contributed by atoms with Gasteiger partial charge in [0.25, 0.3) is 5.91 Å². The van der Waals surface area contributed by atoms with Crippen molar-refractivity contribution >= 4 is 17.3 Å². The highest BCUT2D eigenvalue weighted by molar-refractivity contribution is 6.08. The van der Waals surface area contributed by atoms with E-state index in [9.17, 15) is 14.3 Å². The summed E-state index contributed by atoms with van der Waals surface area (Å²) in [7, 11) is 3.32. The van der Waals surface area contributed by atoms with E-state index < -0.39 is 11.6 Å². The predicted molar refractivity (Wildman–Crippen MR) is 147 cm³/mol. The van der Waals surface area contributed by atoms with Gasteiger partial charge in [0, 0.05) is 30.3 Å². The molecule has 38 heavy (non-hydrogen) atoms. The van der Waals surface area contributed by atoms with Gasteiger partial charge in [0.1, 0.15) is 41.8 Å². The number of benzene rings is 3. The number of aliphatic hydroxyl groups is 1. The average molecular weight is 523 g/mol. The van der Waals surface area contributed by atoms with Crippen molar-refractivity contribution < 1.29 is 28.5 Å². The first-order valence-corrected chi connectivity index (χ1v) is 12.7. The zero-order valence-corrected chi connectivity index (χ0v) is 22.7. The second kappa shape index (κ2) is 10.9. The number of carbonyl (C=O) groups excluding carboxylic acids is 1. The number of amides is 1. The van der Waals surface area contributed by atoms with Crippen LogP contribution in [0.3, 0.4) is 0 Å². The molecular weight excluding hydrogens is 487 g/mol. The quantitative estimate of drug-likeness (QED) is 0.375. The molecule has 1 atom stereocenters. The van der Waals surface area contributed by atoms with E-state index in [0.717, 1.165) is 27.9 Å². The lowest BCUT2D eigenvalue weighted by molar-refractivity contribution is -0.121. The summed E-state index contributed by atoms with van der Waals surface area (Å²) in [6.07, 6.45) is 0.0384. The van der Waals surface area contributed by atoms with Crippen molar-refractivity contribution in [3.05, 3.63) is 65.5 Å². The standard InChI is InChI=1S/C30H35FN2O5/c1-7-20(34)16-37-21-10-11-23(27(15-21)36-6)22-12-13-25-28(33(5)29(35)30(3,4)32-25)24(22)17-38-26-14-19(31)9-8-18(26)2/h8-15,20,32,34H,7,16-17H2,1-6H3. The van der Waals surface area contributed by atoms with Crippen LogP contribution in [0.5, 0.6) is 17.2 Å². The zero-order valence-electron chi connectivity index (χ0n) is 22.7. The average Bonchev–Trinajstić information content (AvgIpc) is 2.90. The summed E-state index contributed by atoms with van der Waals surface area (Å²) in [6.45, 7) is 7.69. The van der Waals surface area contributed by atoms with Crippen molar-refractivity contribution in [2.24, 2.45) is 0 Å². The predicted octanol–water partition coefficient (Wildman–Crippen LogP) is 5.71. The van der Waals surface area contributed by atoms with Crippen LogP contribution in [0.15, 0.2) is 48.5 Å². The van der Waals surface area contributed by atoms with Gasteiger partial charge in [0.05, 0.1) is 24.6 Å². The van der Waals surface area contributed by atoms with Crippen molar-refractivity contribution in [1.29, 1.82) is 0 Å². The summed E-state index contributed by atoms with van der Waals surface area (Å²) < 4.78 is 31.6. The van der Waals surface area contributed by atoms with E-state index in [1.165, 1.54) is 12.1 Å². The maximum atomic E-state index is 14.0. The number of rotatable bonds is 9. The van der Waals surface area contributed by atoms with E-state index in [1.54, 1.807) is 31.2 Å². The van der Waals surface area contributed by atoms with E-state index in [-0.39, 0.29) is 24.9 Å². The van der Waals surface area contributed by atoms with Crippen LogP contribution in [0.4, 0.5) is 15.8 Å². The first-order valence-electron chi connectivity index (χ1n) is 12.7. The summed E-state index contributed by atoms with van der Waals surface area (Å²) in [5.41, 5.74) is 3.83. The molecule has 0 radical (unpaired) electrons. The molecule has 1 unspecified atom stereocenters. The number of aryl methyl sites for hydroxylation is 1. The van der Waals surface area contributed by atoms with Crippen LogP contribution in [-0.2, 0) is 11.4 Å². The Bertz CT molecular complexity index is 1340. The number of hydrogen-bond acceptors (Lipinski definition) is 6. The van der Waals surface area contributed by atoms with Gasteiger partial charge < -0.3 is 29.5 Å². The molecule has 0 aliphatic carbocycles. The Labute approximate surface area is 223 Å². The van der Waals surface area contributed by atoms with Gasteiger partial charge >= 0.3 is 0 Å². The minimum atomic E-state index is -0.778. The molecule has 0 bridgehead atoms. The number of halogens is 1. The van der Waals surface area contributed by atoms with Gasteiger partial charge in [-0.1, -0.05) is 19.1 Å². The van der Waals surface area contributed by atoms with Gasteiger partial charge in [-0.25, -0.2) is 4.39 Å². The third-order valence-corrected chi connectivity index (χ3v) is 6.80. The Kier molecular flexibility index (Phi) is 7.83. The first-order chi connectivity index (χ1) is 18.1. The third-order valence-electron chi connectivity index (χ3n) is 6.80. The number of anilines is 2. The van der Waals surface area contributed by atoms with Gasteiger partial charge in [0.15, 0.2) is 0 Å². The van der Waals surface area contributed by atoms with Crippen molar-refractivity contribution in [1.82, 2.24) is 0 Å². The Morgan fingerprint density at radius 2 is 1.79 bits per heavy atom. The van der Waals surface area contributed by atoms with E-state index in [0.29, 0.717) is 29.4 Å². The SMILES string of the molecule is CCC(O)COc1ccc(-c2ccc3c(c2COc2cc(F)ccc2C)N(C)C(=O)C(C)(C)N3)c(OC)c1. The lowest BCUT2D eigenvalue weighted by Gasteiger charge is -2.39. The molecule has 1 amide bonds. The molecule has 4 rings (SSSR count). The molecule has 3 aromatic rings. The summed E-state index contributed by atoms with van der Waals surface area (Å²) >= 11 is 0. The summed E-state index contributed by atoms with van der Waals surface area (Å²) in [4.78, 5) is 14.9. The number of ether oxygens (including phenoxy) is 3. The van der Waals surface area contributed by atoms with Crippen LogP contribution in [0.2, 0.25) is 0 Å². The molecule has 0 aromatic heterocycles. The molecule has 0 fully saturated rings. The van der Waals surface area contributed by atoms with Crippen LogP contribution >= 0.6 is 0 Å². The van der Waals surface area contributed by atoms with Gasteiger partial charge in [0.2, 0.25) is 0 Å². The molecule has 0 saturated heterocycles. The summed E-state index contributed by atoms with van der Waals surface area (Å²) in [6, 6.07) is 13.8. The van der Waals surface area contributed by atoms with Crippen molar-refractivity contribution in [3.8, 4) is 28.4 Å². The zero-order chi connectivity index (χ0) is 27.6.